The molecule has 39 heavy (non-hydrogen) atoms. The molecule has 0 spiro atoms. The van der Waals surface area contributed by atoms with E-state index in [1.54, 1.807) is 19.1 Å². The summed E-state index contributed by atoms with van der Waals surface area (Å²) in [6, 6.07) is 18.0. The van der Waals surface area contributed by atoms with Crippen LogP contribution in [0.1, 0.15) is 44.4 Å². The number of halogens is 1. The third-order valence-corrected chi connectivity index (χ3v) is 8.05. The first-order valence-electron chi connectivity index (χ1n) is 12.7. The van der Waals surface area contributed by atoms with E-state index < -0.39 is 39.9 Å². The number of nitrogens with zero attached hydrogens (tertiary/aromatic N) is 2. The molecular weight excluding hydrogens is 517 g/mol. The van der Waals surface area contributed by atoms with Crippen LogP contribution in [-0.2, 0) is 26.2 Å². The molecule has 3 aromatic carbocycles. The van der Waals surface area contributed by atoms with Crippen LogP contribution in [0.3, 0.4) is 0 Å². The number of carbonyl (C=O) groups excluding carboxylic acids is 2. The number of benzene rings is 3. The van der Waals surface area contributed by atoms with Gasteiger partial charge in [0.2, 0.25) is 11.8 Å². The molecule has 0 aliphatic carbocycles. The van der Waals surface area contributed by atoms with Crippen LogP contribution < -0.4 is 9.62 Å². The minimum absolute atomic E-state index is 0.0694. The maximum Gasteiger partial charge on any atom is 0.264 e. The quantitative estimate of drug-likeness (QED) is 0.405. The Morgan fingerprint density at radius 1 is 0.923 bits per heavy atom. The molecule has 0 saturated carbocycles. The first-order chi connectivity index (χ1) is 18.2. The number of hydrogen-bond acceptors (Lipinski definition) is 4. The Morgan fingerprint density at radius 2 is 1.51 bits per heavy atom. The Labute approximate surface area is 230 Å². The van der Waals surface area contributed by atoms with Crippen molar-refractivity contribution in [3.63, 3.8) is 0 Å². The summed E-state index contributed by atoms with van der Waals surface area (Å²) in [7, 11) is -4.33. The average Bonchev–Trinajstić information content (AvgIpc) is 2.86. The molecule has 0 aromatic heterocycles. The highest BCUT2D eigenvalue weighted by molar-refractivity contribution is 7.92. The van der Waals surface area contributed by atoms with E-state index in [0.717, 1.165) is 27.1 Å². The van der Waals surface area contributed by atoms with E-state index in [-0.39, 0.29) is 23.0 Å². The lowest BCUT2D eigenvalue weighted by Gasteiger charge is -2.33. The number of carbonyl (C=O) groups is 2. The van der Waals surface area contributed by atoms with Gasteiger partial charge in [0.05, 0.1) is 10.6 Å². The zero-order chi connectivity index (χ0) is 29.0. The fourth-order valence-corrected chi connectivity index (χ4v) is 5.45. The maximum absolute atomic E-state index is 15.0. The lowest BCUT2D eigenvalue weighted by Crippen LogP contribution is -2.54. The molecule has 0 heterocycles. The van der Waals surface area contributed by atoms with Gasteiger partial charge < -0.3 is 10.2 Å². The minimum atomic E-state index is -4.33. The molecule has 0 aliphatic heterocycles. The van der Waals surface area contributed by atoms with Gasteiger partial charge in [-0.05, 0) is 76.9 Å². The molecule has 1 atom stereocenters. The standard InChI is InChI=1S/C30H36FN3O4S/c1-21-15-17-25(18-16-21)39(37,38)34(27-14-10-9-13-26(27)31)20-28(35)33(19-24-12-8-7-11-22(24)2)23(3)29(36)32-30(4,5)6/h7-18,23H,19-20H2,1-6H3,(H,32,36)/t23-/m0/s1. The first-order valence-corrected chi connectivity index (χ1v) is 14.1. The molecule has 0 fully saturated rings. The van der Waals surface area contributed by atoms with Crippen LogP contribution in [0.2, 0.25) is 0 Å². The number of amides is 2. The molecule has 0 aliphatic rings. The second kappa shape index (κ2) is 12.0. The molecule has 0 saturated heterocycles. The van der Waals surface area contributed by atoms with Crippen LogP contribution in [0, 0.1) is 19.7 Å². The summed E-state index contributed by atoms with van der Waals surface area (Å²) in [4.78, 5) is 28.3. The number of rotatable bonds is 9. The molecule has 208 valence electrons. The van der Waals surface area contributed by atoms with Crippen LogP contribution in [0.15, 0.2) is 77.7 Å². The van der Waals surface area contributed by atoms with Gasteiger partial charge in [0.1, 0.15) is 18.4 Å². The van der Waals surface area contributed by atoms with Gasteiger partial charge in [-0.2, -0.15) is 0 Å². The molecule has 3 rings (SSSR count). The summed E-state index contributed by atoms with van der Waals surface area (Å²) in [5.41, 5.74) is 1.77. The van der Waals surface area contributed by atoms with Gasteiger partial charge >= 0.3 is 0 Å². The van der Waals surface area contributed by atoms with E-state index in [0.29, 0.717) is 0 Å². The second-order valence-electron chi connectivity index (χ2n) is 10.6. The highest BCUT2D eigenvalue weighted by Gasteiger charge is 2.34. The van der Waals surface area contributed by atoms with E-state index in [9.17, 15) is 22.4 Å². The highest BCUT2D eigenvalue weighted by atomic mass is 32.2. The van der Waals surface area contributed by atoms with Crippen molar-refractivity contribution in [2.24, 2.45) is 0 Å². The van der Waals surface area contributed by atoms with E-state index in [1.165, 1.54) is 35.2 Å². The maximum atomic E-state index is 15.0. The lowest BCUT2D eigenvalue weighted by molar-refractivity contribution is -0.140. The predicted molar refractivity (Wildman–Crippen MR) is 151 cm³/mol. The van der Waals surface area contributed by atoms with E-state index in [4.69, 9.17) is 0 Å². The van der Waals surface area contributed by atoms with E-state index in [2.05, 4.69) is 5.32 Å². The van der Waals surface area contributed by atoms with Crippen molar-refractivity contribution >= 4 is 27.5 Å². The molecule has 9 heteroatoms. The Bertz CT molecular complexity index is 1430. The summed E-state index contributed by atoms with van der Waals surface area (Å²) in [5, 5.41) is 2.89. The van der Waals surface area contributed by atoms with Gasteiger partial charge in [-0.1, -0.05) is 54.1 Å². The summed E-state index contributed by atoms with van der Waals surface area (Å²) in [5.74, 6) is -1.82. The van der Waals surface area contributed by atoms with Crippen LogP contribution in [0.25, 0.3) is 0 Å². The van der Waals surface area contributed by atoms with Gasteiger partial charge in [-0.15, -0.1) is 0 Å². The zero-order valence-electron chi connectivity index (χ0n) is 23.2. The average molecular weight is 554 g/mol. The lowest BCUT2D eigenvalue weighted by atomic mass is 10.1. The molecule has 0 bridgehead atoms. The zero-order valence-corrected chi connectivity index (χ0v) is 24.0. The molecule has 3 aromatic rings. The Hall–Kier alpha value is -3.72. The summed E-state index contributed by atoms with van der Waals surface area (Å²) >= 11 is 0. The van der Waals surface area contributed by atoms with Crippen LogP contribution in [0.5, 0.6) is 0 Å². The summed E-state index contributed by atoms with van der Waals surface area (Å²) in [6.45, 7) is 10.2. The molecule has 0 unspecified atom stereocenters. The van der Waals surface area contributed by atoms with E-state index >= 15 is 0 Å². The third kappa shape index (κ3) is 7.44. The SMILES string of the molecule is Cc1ccc(S(=O)(=O)N(CC(=O)N(Cc2ccccc2C)[C@@H](C)C(=O)NC(C)(C)C)c2ccccc2F)cc1. The predicted octanol–water partition coefficient (Wildman–Crippen LogP) is 4.97. The number of nitrogens with one attached hydrogen (secondary N) is 1. The highest BCUT2D eigenvalue weighted by Crippen LogP contribution is 2.27. The van der Waals surface area contributed by atoms with E-state index in [1.807, 2.05) is 58.9 Å². The normalized spacial score (nSPS) is 12.5. The smallest absolute Gasteiger partial charge is 0.264 e. The van der Waals surface area contributed by atoms with Gasteiger partial charge in [0, 0.05) is 12.1 Å². The molecule has 1 N–H and O–H groups in total. The number of aryl methyl sites for hydroxylation is 2. The minimum Gasteiger partial charge on any atom is -0.350 e. The van der Waals surface area contributed by atoms with Crippen molar-refractivity contribution in [3.05, 3.63) is 95.3 Å². The van der Waals surface area contributed by atoms with Crippen molar-refractivity contribution in [3.8, 4) is 0 Å². The number of hydrogen-bond donors (Lipinski definition) is 1. The van der Waals surface area contributed by atoms with Crippen molar-refractivity contribution in [2.75, 3.05) is 10.8 Å². The largest absolute Gasteiger partial charge is 0.350 e. The molecule has 2 amide bonds. The number of sulfonamides is 1. The third-order valence-electron chi connectivity index (χ3n) is 6.28. The van der Waals surface area contributed by atoms with Crippen LogP contribution >= 0.6 is 0 Å². The topological polar surface area (TPSA) is 86.8 Å². The van der Waals surface area contributed by atoms with Crippen molar-refractivity contribution in [2.45, 2.75) is 64.6 Å². The van der Waals surface area contributed by atoms with Gasteiger partial charge in [-0.3, -0.25) is 13.9 Å². The van der Waals surface area contributed by atoms with Gasteiger partial charge in [0.15, 0.2) is 0 Å². The Kier molecular flexibility index (Phi) is 9.17. The van der Waals surface area contributed by atoms with Crippen molar-refractivity contribution in [1.29, 1.82) is 0 Å². The van der Waals surface area contributed by atoms with Crippen LogP contribution in [-0.4, -0.2) is 43.3 Å². The molecular formula is C30H36FN3O4S. The summed E-state index contributed by atoms with van der Waals surface area (Å²) < 4.78 is 43.3. The Balaban J connectivity index is 2.06. The van der Waals surface area contributed by atoms with Crippen molar-refractivity contribution < 1.29 is 22.4 Å². The monoisotopic (exact) mass is 553 g/mol. The van der Waals surface area contributed by atoms with Crippen LogP contribution in [0.4, 0.5) is 10.1 Å². The Morgan fingerprint density at radius 3 is 2.10 bits per heavy atom. The first kappa shape index (κ1) is 29.8. The molecule has 7 nitrogen and oxygen atoms in total. The van der Waals surface area contributed by atoms with Crippen molar-refractivity contribution in [1.82, 2.24) is 10.2 Å². The van der Waals surface area contributed by atoms with Gasteiger partial charge in [-0.25, -0.2) is 12.8 Å². The number of para-hydroxylation sites is 1. The fraction of sp³-hybridized carbons (Fsp3) is 0.333. The second-order valence-corrected chi connectivity index (χ2v) is 12.5. The molecule has 0 radical (unpaired) electrons. The number of anilines is 1. The van der Waals surface area contributed by atoms with Gasteiger partial charge in [0.25, 0.3) is 10.0 Å². The fourth-order valence-electron chi connectivity index (χ4n) is 4.03. The summed E-state index contributed by atoms with van der Waals surface area (Å²) in [6.07, 6.45) is 0.